The second-order valence-electron chi connectivity index (χ2n) is 8.20. The van der Waals surface area contributed by atoms with Crippen LogP contribution < -0.4 is 10.6 Å². The Kier molecular flexibility index (Phi) is 5.22. The van der Waals surface area contributed by atoms with Crippen molar-refractivity contribution in [2.45, 2.75) is 32.2 Å². The Labute approximate surface area is 175 Å². The van der Waals surface area contributed by atoms with Gasteiger partial charge in [0.1, 0.15) is 5.82 Å². The van der Waals surface area contributed by atoms with Gasteiger partial charge in [-0.05, 0) is 32.9 Å². The van der Waals surface area contributed by atoms with Gasteiger partial charge in [-0.15, -0.1) is 0 Å². The standard InChI is InChI=1S/C21H28N8O/c1-15-10-20-25-18(11-19(22)29(20)26-15)17-2-4-27(5-3-17)14-16-12-23-21(24-13-16)28-6-8-30-9-7-28/h10-13,17H,2-9,14,22H2,1H3. The lowest BCUT2D eigenvalue weighted by atomic mass is 9.93. The summed E-state index contributed by atoms with van der Waals surface area (Å²) in [6.45, 7) is 8.10. The van der Waals surface area contributed by atoms with Gasteiger partial charge in [0.15, 0.2) is 5.65 Å². The van der Waals surface area contributed by atoms with Crippen LogP contribution in [-0.2, 0) is 11.3 Å². The van der Waals surface area contributed by atoms with Gasteiger partial charge in [0.05, 0.1) is 18.9 Å². The van der Waals surface area contributed by atoms with E-state index in [-0.39, 0.29) is 0 Å². The zero-order valence-corrected chi connectivity index (χ0v) is 17.4. The Balaban J connectivity index is 1.19. The summed E-state index contributed by atoms with van der Waals surface area (Å²) in [5, 5.41) is 4.39. The number of piperidine rings is 1. The van der Waals surface area contributed by atoms with E-state index in [0.717, 1.165) is 87.3 Å². The molecule has 2 aliphatic heterocycles. The highest BCUT2D eigenvalue weighted by Crippen LogP contribution is 2.29. The number of hydrogen-bond donors (Lipinski definition) is 1. The monoisotopic (exact) mass is 408 g/mol. The summed E-state index contributed by atoms with van der Waals surface area (Å²) < 4.78 is 7.11. The summed E-state index contributed by atoms with van der Waals surface area (Å²) >= 11 is 0. The number of rotatable bonds is 4. The first-order valence-electron chi connectivity index (χ1n) is 10.6. The molecular formula is C21H28N8O. The summed E-state index contributed by atoms with van der Waals surface area (Å²) in [6.07, 6.45) is 6.06. The predicted octanol–water partition coefficient (Wildman–Crippen LogP) is 1.63. The molecule has 5 heterocycles. The average molecular weight is 409 g/mol. The van der Waals surface area contributed by atoms with Gasteiger partial charge in [-0.1, -0.05) is 0 Å². The number of hydrogen-bond acceptors (Lipinski definition) is 8. The Bertz CT molecular complexity index is 1000. The van der Waals surface area contributed by atoms with Crippen LogP contribution >= 0.6 is 0 Å². The number of fused-ring (bicyclic) bond motifs is 1. The van der Waals surface area contributed by atoms with Gasteiger partial charge in [-0.3, -0.25) is 4.90 Å². The molecule has 2 aliphatic rings. The molecule has 0 unspecified atom stereocenters. The van der Waals surface area contributed by atoms with Crippen LogP contribution in [0.15, 0.2) is 24.5 Å². The van der Waals surface area contributed by atoms with Crippen molar-refractivity contribution in [3.63, 3.8) is 0 Å². The maximum absolute atomic E-state index is 6.20. The summed E-state index contributed by atoms with van der Waals surface area (Å²) in [4.78, 5) is 18.6. The summed E-state index contributed by atoms with van der Waals surface area (Å²) in [7, 11) is 0. The Morgan fingerprint density at radius 3 is 2.53 bits per heavy atom. The SMILES string of the molecule is Cc1cc2nc(C3CCN(Cc4cnc(N5CCOCC5)nc4)CC3)cc(N)n2n1. The molecule has 30 heavy (non-hydrogen) atoms. The second-order valence-corrected chi connectivity index (χ2v) is 8.20. The molecule has 3 aromatic heterocycles. The minimum atomic E-state index is 0.434. The van der Waals surface area contributed by atoms with Crippen LogP contribution in [0.4, 0.5) is 11.8 Å². The van der Waals surface area contributed by atoms with Crippen molar-refractivity contribution in [2.24, 2.45) is 0 Å². The molecule has 0 bridgehead atoms. The van der Waals surface area contributed by atoms with Gasteiger partial charge in [0.25, 0.3) is 0 Å². The summed E-state index contributed by atoms with van der Waals surface area (Å²) in [6, 6.07) is 3.97. The van der Waals surface area contributed by atoms with Crippen LogP contribution in [0, 0.1) is 6.92 Å². The van der Waals surface area contributed by atoms with Gasteiger partial charge in [0.2, 0.25) is 5.95 Å². The summed E-state index contributed by atoms with van der Waals surface area (Å²) in [5.41, 5.74) is 10.2. The number of nitrogens with zero attached hydrogens (tertiary/aromatic N) is 7. The number of nitrogen functional groups attached to an aromatic ring is 1. The Hall–Kier alpha value is -2.78. The highest BCUT2D eigenvalue weighted by molar-refractivity contribution is 5.48. The topological polar surface area (TPSA) is 97.7 Å². The van der Waals surface area contributed by atoms with Crippen LogP contribution in [0.5, 0.6) is 0 Å². The van der Waals surface area contributed by atoms with Gasteiger partial charge in [-0.25, -0.2) is 15.0 Å². The molecule has 0 saturated carbocycles. The molecule has 9 nitrogen and oxygen atoms in total. The second kappa shape index (κ2) is 8.16. The van der Waals surface area contributed by atoms with E-state index >= 15 is 0 Å². The molecule has 2 saturated heterocycles. The van der Waals surface area contributed by atoms with Crippen LogP contribution in [0.25, 0.3) is 5.65 Å². The van der Waals surface area contributed by atoms with Gasteiger partial charge >= 0.3 is 0 Å². The lowest BCUT2D eigenvalue weighted by Gasteiger charge is -2.31. The maximum atomic E-state index is 6.20. The van der Waals surface area contributed by atoms with Crippen molar-refractivity contribution in [3.05, 3.63) is 41.5 Å². The fourth-order valence-corrected chi connectivity index (χ4v) is 4.34. The number of aromatic nitrogens is 5. The van der Waals surface area contributed by atoms with E-state index in [2.05, 4.69) is 24.9 Å². The minimum absolute atomic E-state index is 0.434. The third-order valence-electron chi connectivity index (χ3n) is 5.99. The van der Waals surface area contributed by atoms with Gasteiger partial charge < -0.3 is 15.4 Å². The van der Waals surface area contributed by atoms with Crippen LogP contribution in [-0.4, -0.2) is 68.9 Å². The van der Waals surface area contributed by atoms with Crippen molar-refractivity contribution in [3.8, 4) is 0 Å². The zero-order chi connectivity index (χ0) is 20.5. The van der Waals surface area contributed by atoms with Crippen molar-refractivity contribution in [1.29, 1.82) is 0 Å². The number of likely N-dealkylation sites (tertiary alicyclic amines) is 1. The first kappa shape index (κ1) is 19.2. The van der Waals surface area contributed by atoms with E-state index in [1.165, 1.54) is 0 Å². The maximum Gasteiger partial charge on any atom is 0.225 e. The van der Waals surface area contributed by atoms with E-state index in [9.17, 15) is 0 Å². The molecule has 9 heteroatoms. The molecule has 158 valence electrons. The molecule has 0 radical (unpaired) electrons. The van der Waals surface area contributed by atoms with E-state index in [0.29, 0.717) is 11.7 Å². The third-order valence-corrected chi connectivity index (χ3v) is 5.99. The molecule has 2 fully saturated rings. The van der Waals surface area contributed by atoms with Crippen LogP contribution in [0.2, 0.25) is 0 Å². The molecule has 5 rings (SSSR count). The van der Waals surface area contributed by atoms with Crippen LogP contribution in [0.3, 0.4) is 0 Å². The van der Waals surface area contributed by atoms with Crippen molar-refractivity contribution in [2.75, 3.05) is 50.0 Å². The lowest BCUT2D eigenvalue weighted by molar-refractivity contribution is 0.122. The lowest BCUT2D eigenvalue weighted by Crippen LogP contribution is -2.37. The summed E-state index contributed by atoms with van der Waals surface area (Å²) in [5.74, 6) is 1.89. The van der Waals surface area contributed by atoms with Gasteiger partial charge in [-0.2, -0.15) is 9.61 Å². The molecule has 0 spiro atoms. The molecule has 2 N–H and O–H groups in total. The molecule has 0 amide bonds. The molecule has 3 aromatic rings. The number of aryl methyl sites for hydroxylation is 1. The van der Waals surface area contributed by atoms with Crippen molar-refractivity contribution >= 4 is 17.4 Å². The zero-order valence-electron chi connectivity index (χ0n) is 17.4. The molecular weight excluding hydrogens is 380 g/mol. The van der Waals surface area contributed by atoms with E-state index in [4.69, 9.17) is 15.5 Å². The highest BCUT2D eigenvalue weighted by Gasteiger charge is 2.23. The van der Waals surface area contributed by atoms with Crippen molar-refractivity contribution < 1.29 is 4.74 Å². The normalized spacial score (nSPS) is 18.9. The average Bonchev–Trinajstić information content (AvgIpc) is 3.16. The van der Waals surface area contributed by atoms with Crippen molar-refractivity contribution in [1.82, 2.24) is 29.5 Å². The number of nitrogens with two attached hydrogens (primary N) is 1. The van der Waals surface area contributed by atoms with E-state index in [1.807, 2.05) is 31.5 Å². The molecule has 0 atom stereocenters. The smallest absolute Gasteiger partial charge is 0.225 e. The number of ether oxygens (including phenoxy) is 1. The Morgan fingerprint density at radius 1 is 1.07 bits per heavy atom. The van der Waals surface area contributed by atoms with Crippen LogP contribution in [0.1, 0.15) is 35.7 Å². The quantitative estimate of drug-likeness (QED) is 0.696. The largest absolute Gasteiger partial charge is 0.384 e. The van der Waals surface area contributed by atoms with E-state index < -0.39 is 0 Å². The molecule has 0 aliphatic carbocycles. The predicted molar refractivity (Wildman–Crippen MR) is 114 cm³/mol. The first-order valence-corrected chi connectivity index (χ1v) is 10.6. The minimum Gasteiger partial charge on any atom is -0.384 e. The number of morpholine rings is 1. The highest BCUT2D eigenvalue weighted by atomic mass is 16.5. The first-order chi connectivity index (χ1) is 14.7. The number of anilines is 2. The third kappa shape index (κ3) is 3.95. The fourth-order valence-electron chi connectivity index (χ4n) is 4.34. The van der Waals surface area contributed by atoms with E-state index in [1.54, 1.807) is 4.52 Å². The molecule has 0 aromatic carbocycles. The van der Waals surface area contributed by atoms with Gasteiger partial charge in [0, 0.05) is 61.3 Å². The fraction of sp³-hybridized carbons (Fsp3) is 0.524. The Morgan fingerprint density at radius 2 is 1.80 bits per heavy atom.